The number of hydrogen-bond acceptors (Lipinski definition) is 0. The summed E-state index contributed by atoms with van der Waals surface area (Å²) >= 11 is 0. The third kappa shape index (κ3) is 1.78. The molecule has 13 heavy (non-hydrogen) atoms. The standard InChI is InChI=1S/C13H26/c1-6-10(4)9-12-11(5)13(12,7-2)8-3/h10-12H,6-9H2,1-5H3. The van der Waals surface area contributed by atoms with Crippen LogP contribution in [0.25, 0.3) is 0 Å². The zero-order valence-electron chi connectivity index (χ0n) is 10.1. The molecule has 0 bridgehead atoms. The molecule has 0 N–H and O–H groups in total. The van der Waals surface area contributed by atoms with E-state index in [9.17, 15) is 0 Å². The van der Waals surface area contributed by atoms with Crippen LogP contribution in [0, 0.1) is 23.2 Å². The van der Waals surface area contributed by atoms with Crippen LogP contribution >= 0.6 is 0 Å². The van der Waals surface area contributed by atoms with Gasteiger partial charge in [-0.3, -0.25) is 0 Å². The second-order valence-corrected chi connectivity index (χ2v) is 5.08. The minimum Gasteiger partial charge on any atom is -0.0651 e. The van der Waals surface area contributed by atoms with Crippen molar-refractivity contribution in [2.75, 3.05) is 0 Å². The minimum atomic E-state index is 0.740. The van der Waals surface area contributed by atoms with Gasteiger partial charge in [0.1, 0.15) is 0 Å². The van der Waals surface area contributed by atoms with Gasteiger partial charge in [-0.15, -0.1) is 0 Å². The van der Waals surface area contributed by atoms with Crippen LogP contribution in [0.15, 0.2) is 0 Å². The largest absolute Gasteiger partial charge is 0.0651 e. The average Bonchev–Trinajstić information content (AvgIpc) is 2.71. The molecule has 0 aromatic rings. The normalized spacial score (nSPS) is 33.0. The molecule has 3 atom stereocenters. The second kappa shape index (κ2) is 4.02. The van der Waals surface area contributed by atoms with Crippen LogP contribution in [0.3, 0.4) is 0 Å². The summed E-state index contributed by atoms with van der Waals surface area (Å²) < 4.78 is 0. The molecule has 1 aliphatic rings. The maximum Gasteiger partial charge on any atom is -0.0243 e. The molecule has 0 saturated heterocycles. The summed E-state index contributed by atoms with van der Waals surface area (Å²) in [5, 5.41) is 0. The predicted octanol–water partition coefficient (Wildman–Crippen LogP) is 4.49. The molecule has 0 heteroatoms. The van der Waals surface area contributed by atoms with Crippen molar-refractivity contribution >= 4 is 0 Å². The number of rotatable bonds is 5. The molecule has 3 unspecified atom stereocenters. The van der Waals surface area contributed by atoms with Gasteiger partial charge < -0.3 is 0 Å². The summed E-state index contributed by atoms with van der Waals surface area (Å²) in [5.74, 6) is 2.97. The van der Waals surface area contributed by atoms with Crippen molar-refractivity contribution in [2.45, 2.75) is 60.3 Å². The highest BCUT2D eigenvalue weighted by Gasteiger charge is 2.58. The smallest absolute Gasteiger partial charge is 0.0243 e. The fourth-order valence-corrected chi connectivity index (χ4v) is 3.26. The van der Waals surface area contributed by atoms with E-state index in [0.717, 1.165) is 23.2 Å². The lowest BCUT2D eigenvalue weighted by molar-refractivity contribution is 0.365. The van der Waals surface area contributed by atoms with Gasteiger partial charge in [0.05, 0.1) is 0 Å². The first-order valence-corrected chi connectivity index (χ1v) is 6.12. The fourth-order valence-electron chi connectivity index (χ4n) is 3.26. The first kappa shape index (κ1) is 11.1. The van der Waals surface area contributed by atoms with E-state index in [-0.39, 0.29) is 0 Å². The Morgan fingerprint density at radius 3 is 2.00 bits per heavy atom. The van der Waals surface area contributed by atoms with Gasteiger partial charge in [-0.25, -0.2) is 0 Å². The highest BCUT2D eigenvalue weighted by molar-refractivity contribution is 5.06. The van der Waals surface area contributed by atoms with Crippen LogP contribution in [0.2, 0.25) is 0 Å². The molecular formula is C13H26. The van der Waals surface area contributed by atoms with Gasteiger partial charge in [0.15, 0.2) is 0 Å². The molecular weight excluding hydrogens is 156 g/mol. The Morgan fingerprint density at radius 2 is 1.69 bits per heavy atom. The van der Waals surface area contributed by atoms with Crippen LogP contribution in [0.4, 0.5) is 0 Å². The van der Waals surface area contributed by atoms with Gasteiger partial charge in [0, 0.05) is 0 Å². The first-order chi connectivity index (χ1) is 6.12. The van der Waals surface area contributed by atoms with Crippen molar-refractivity contribution in [3.63, 3.8) is 0 Å². The molecule has 1 rings (SSSR count). The zero-order chi connectivity index (χ0) is 10.1. The molecule has 0 nitrogen and oxygen atoms in total. The molecule has 1 saturated carbocycles. The maximum atomic E-state index is 2.46. The zero-order valence-corrected chi connectivity index (χ0v) is 10.1. The molecule has 0 spiro atoms. The maximum absolute atomic E-state index is 2.46. The SMILES string of the molecule is CCC(C)CC1C(C)C1(CC)CC. The Kier molecular flexibility index (Phi) is 3.43. The molecule has 0 aromatic heterocycles. The van der Waals surface area contributed by atoms with Gasteiger partial charge in [-0.1, -0.05) is 41.0 Å². The van der Waals surface area contributed by atoms with E-state index in [4.69, 9.17) is 0 Å². The Bertz CT molecular complexity index is 155. The van der Waals surface area contributed by atoms with Gasteiger partial charge in [0.25, 0.3) is 0 Å². The minimum absolute atomic E-state index is 0.740. The van der Waals surface area contributed by atoms with Crippen molar-refractivity contribution in [1.82, 2.24) is 0 Å². The summed E-state index contributed by atoms with van der Waals surface area (Å²) in [6, 6.07) is 0. The van der Waals surface area contributed by atoms with Crippen molar-refractivity contribution < 1.29 is 0 Å². The van der Waals surface area contributed by atoms with E-state index in [0.29, 0.717) is 0 Å². The summed E-state index contributed by atoms with van der Waals surface area (Å²) in [6.45, 7) is 11.9. The molecule has 78 valence electrons. The Balaban J connectivity index is 2.46. The summed E-state index contributed by atoms with van der Waals surface area (Å²) in [5.41, 5.74) is 0.740. The lowest BCUT2D eigenvalue weighted by atomic mass is 9.91. The van der Waals surface area contributed by atoms with Crippen molar-refractivity contribution in [2.24, 2.45) is 23.2 Å². The second-order valence-electron chi connectivity index (χ2n) is 5.08. The topological polar surface area (TPSA) is 0 Å². The van der Waals surface area contributed by atoms with Crippen molar-refractivity contribution in [1.29, 1.82) is 0 Å². The lowest BCUT2D eigenvalue weighted by Gasteiger charge is -2.14. The Morgan fingerprint density at radius 1 is 1.15 bits per heavy atom. The van der Waals surface area contributed by atoms with Crippen LogP contribution in [0.1, 0.15) is 60.3 Å². The number of hydrogen-bond donors (Lipinski definition) is 0. The van der Waals surface area contributed by atoms with E-state index in [1.165, 1.54) is 25.7 Å². The highest BCUT2D eigenvalue weighted by atomic mass is 14.6. The molecule has 1 fully saturated rings. The Hall–Kier alpha value is 0. The highest BCUT2D eigenvalue weighted by Crippen LogP contribution is 2.65. The van der Waals surface area contributed by atoms with E-state index in [2.05, 4.69) is 34.6 Å². The average molecular weight is 182 g/mol. The van der Waals surface area contributed by atoms with Crippen LogP contribution < -0.4 is 0 Å². The van der Waals surface area contributed by atoms with Gasteiger partial charge in [-0.2, -0.15) is 0 Å². The van der Waals surface area contributed by atoms with Crippen LogP contribution in [-0.4, -0.2) is 0 Å². The van der Waals surface area contributed by atoms with E-state index < -0.39 is 0 Å². The van der Waals surface area contributed by atoms with E-state index in [1.807, 2.05) is 0 Å². The summed E-state index contributed by atoms with van der Waals surface area (Å²) in [6.07, 6.45) is 5.61. The van der Waals surface area contributed by atoms with Crippen molar-refractivity contribution in [3.05, 3.63) is 0 Å². The van der Waals surface area contributed by atoms with E-state index in [1.54, 1.807) is 0 Å². The monoisotopic (exact) mass is 182 g/mol. The van der Waals surface area contributed by atoms with E-state index >= 15 is 0 Å². The predicted molar refractivity (Wildman–Crippen MR) is 59.7 cm³/mol. The van der Waals surface area contributed by atoms with Crippen LogP contribution in [-0.2, 0) is 0 Å². The fraction of sp³-hybridized carbons (Fsp3) is 1.00. The van der Waals surface area contributed by atoms with Crippen LogP contribution in [0.5, 0.6) is 0 Å². The van der Waals surface area contributed by atoms with Gasteiger partial charge in [0.2, 0.25) is 0 Å². The lowest BCUT2D eigenvalue weighted by Crippen LogP contribution is -2.04. The molecule has 0 radical (unpaired) electrons. The third-order valence-electron chi connectivity index (χ3n) is 4.81. The molecule has 0 heterocycles. The summed E-state index contributed by atoms with van der Waals surface area (Å²) in [4.78, 5) is 0. The van der Waals surface area contributed by atoms with Gasteiger partial charge in [-0.05, 0) is 42.4 Å². The Labute approximate surface area is 84.1 Å². The molecule has 0 amide bonds. The van der Waals surface area contributed by atoms with Gasteiger partial charge >= 0.3 is 0 Å². The van der Waals surface area contributed by atoms with Crippen molar-refractivity contribution in [3.8, 4) is 0 Å². The molecule has 0 aliphatic heterocycles. The third-order valence-corrected chi connectivity index (χ3v) is 4.81. The summed E-state index contributed by atoms with van der Waals surface area (Å²) in [7, 11) is 0. The molecule has 1 aliphatic carbocycles. The first-order valence-electron chi connectivity index (χ1n) is 6.12. The molecule has 0 aromatic carbocycles. The quantitative estimate of drug-likeness (QED) is 0.587.